The van der Waals surface area contributed by atoms with Crippen molar-refractivity contribution in [2.24, 2.45) is 0 Å². The molecule has 1 aliphatic carbocycles. The number of nitrogens with zero attached hydrogens (tertiary/aromatic N) is 2. The van der Waals surface area contributed by atoms with Crippen LogP contribution in [0.3, 0.4) is 0 Å². The standard InChI is InChI=1S/C44H54N2O4/c1-33-23-27-35(28-24-33)46(36-29-25-34(2)26-30-36)44-39-19-13-11-17-37(39)43(38-18-12-14-20-40(38)44)45(32-16-8-10-22-42(49)50)31-15-7-5-3-4-6-9-21-41(47)48/h11,13-14,17,19-20,23-30H,3-10,12,15-16,18,21-22,31-32H2,1-2H3,(H,47,48)(H,49,50). The number of hydrogen-bond donors (Lipinski definition) is 2. The van der Waals surface area contributed by atoms with Gasteiger partial charge in [0.15, 0.2) is 0 Å². The van der Waals surface area contributed by atoms with Crippen molar-refractivity contribution in [2.75, 3.05) is 22.9 Å². The van der Waals surface area contributed by atoms with Crippen LogP contribution in [0.5, 0.6) is 0 Å². The zero-order chi connectivity index (χ0) is 35.3. The van der Waals surface area contributed by atoms with E-state index >= 15 is 0 Å². The molecule has 0 spiro atoms. The summed E-state index contributed by atoms with van der Waals surface area (Å²) >= 11 is 0. The van der Waals surface area contributed by atoms with Gasteiger partial charge in [0.25, 0.3) is 0 Å². The first-order valence-corrected chi connectivity index (χ1v) is 18.7. The summed E-state index contributed by atoms with van der Waals surface area (Å²) in [6.07, 6.45) is 17.0. The fraction of sp³-hybridized carbons (Fsp3) is 0.409. The Balaban J connectivity index is 1.52. The Labute approximate surface area is 298 Å². The van der Waals surface area contributed by atoms with Gasteiger partial charge in [-0.05, 0) is 82.2 Å². The molecule has 0 aromatic heterocycles. The number of aryl methyl sites for hydroxylation is 2. The van der Waals surface area contributed by atoms with Crippen LogP contribution in [0.15, 0.2) is 78.9 Å². The van der Waals surface area contributed by atoms with Gasteiger partial charge in [0.2, 0.25) is 0 Å². The number of unbranched alkanes of at least 4 members (excludes halogenated alkanes) is 8. The second kappa shape index (κ2) is 18.4. The smallest absolute Gasteiger partial charge is 0.303 e. The van der Waals surface area contributed by atoms with Gasteiger partial charge >= 0.3 is 11.9 Å². The molecule has 0 saturated carbocycles. The minimum atomic E-state index is -0.723. The molecular formula is C44H54N2O4. The van der Waals surface area contributed by atoms with Gasteiger partial charge in [-0.1, -0.05) is 110 Å². The molecule has 0 radical (unpaired) electrons. The van der Waals surface area contributed by atoms with Gasteiger partial charge in [0.05, 0.1) is 5.69 Å². The van der Waals surface area contributed by atoms with E-state index in [0.717, 1.165) is 95.1 Å². The lowest BCUT2D eigenvalue weighted by Gasteiger charge is -2.35. The fourth-order valence-electron chi connectivity index (χ4n) is 7.29. The first-order chi connectivity index (χ1) is 24.3. The molecule has 0 unspecified atom stereocenters. The first kappa shape index (κ1) is 36.7. The van der Waals surface area contributed by atoms with Crippen molar-refractivity contribution in [3.05, 3.63) is 101 Å². The number of aliphatic carboxylic acids is 2. The lowest BCUT2D eigenvalue weighted by molar-refractivity contribution is -0.138. The molecule has 6 heteroatoms. The van der Waals surface area contributed by atoms with Crippen molar-refractivity contribution in [1.29, 1.82) is 0 Å². The van der Waals surface area contributed by atoms with Crippen molar-refractivity contribution in [1.82, 2.24) is 0 Å². The predicted octanol–water partition coefficient (Wildman–Crippen LogP) is 11.5. The summed E-state index contributed by atoms with van der Waals surface area (Å²) in [5.74, 6) is -1.43. The Kier molecular flexibility index (Phi) is 13.5. The Hall–Kier alpha value is -4.58. The Morgan fingerprint density at radius 2 is 1.06 bits per heavy atom. The lowest BCUT2D eigenvalue weighted by atomic mass is 9.87. The van der Waals surface area contributed by atoms with E-state index < -0.39 is 11.9 Å². The normalized spacial score (nSPS) is 12.2. The molecule has 50 heavy (non-hydrogen) atoms. The number of benzene rings is 4. The number of rotatable bonds is 20. The van der Waals surface area contributed by atoms with Gasteiger partial charge < -0.3 is 20.0 Å². The van der Waals surface area contributed by atoms with Crippen molar-refractivity contribution >= 4 is 51.5 Å². The highest BCUT2D eigenvalue weighted by Crippen LogP contribution is 2.48. The molecule has 0 bridgehead atoms. The molecule has 264 valence electrons. The van der Waals surface area contributed by atoms with Gasteiger partial charge in [-0.15, -0.1) is 0 Å². The molecule has 0 saturated heterocycles. The van der Waals surface area contributed by atoms with Crippen LogP contribution in [0.4, 0.5) is 22.7 Å². The highest BCUT2D eigenvalue weighted by atomic mass is 16.4. The second-order valence-corrected chi connectivity index (χ2v) is 13.9. The summed E-state index contributed by atoms with van der Waals surface area (Å²) in [4.78, 5) is 27.1. The zero-order valence-electron chi connectivity index (χ0n) is 30.0. The summed E-state index contributed by atoms with van der Waals surface area (Å²) in [6, 6.07) is 26.6. The van der Waals surface area contributed by atoms with Gasteiger partial charge in [-0.3, -0.25) is 9.59 Å². The van der Waals surface area contributed by atoms with Crippen LogP contribution in [-0.2, 0) is 16.0 Å². The Morgan fingerprint density at radius 1 is 0.600 bits per heavy atom. The number of allylic oxidation sites excluding steroid dienone is 1. The number of carboxylic acid groups (broad SMARTS) is 2. The molecule has 0 aliphatic heterocycles. The van der Waals surface area contributed by atoms with Crippen molar-refractivity contribution in [2.45, 2.75) is 104 Å². The van der Waals surface area contributed by atoms with Crippen molar-refractivity contribution in [3.8, 4) is 0 Å². The molecule has 6 nitrogen and oxygen atoms in total. The monoisotopic (exact) mass is 674 g/mol. The van der Waals surface area contributed by atoms with Gasteiger partial charge in [0.1, 0.15) is 0 Å². The molecule has 0 amide bonds. The van der Waals surface area contributed by atoms with Crippen LogP contribution in [0.1, 0.15) is 106 Å². The highest BCUT2D eigenvalue weighted by Gasteiger charge is 2.27. The molecule has 0 atom stereocenters. The maximum absolute atomic E-state index is 11.2. The average molecular weight is 675 g/mol. The maximum atomic E-state index is 11.2. The highest BCUT2D eigenvalue weighted by molar-refractivity contribution is 6.10. The van der Waals surface area contributed by atoms with Gasteiger partial charge in [-0.2, -0.15) is 0 Å². The number of fused-ring (bicyclic) bond motifs is 2. The molecule has 5 rings (SSSR count). The largest absolute Gasteiger partial charge is 0.481 e. The lowest BCUT2D eigenvalue weighted by Crippen LogP contribution is -2.28. The molecular weight excluding hydrogens is 620 g/mol. The van der Waals surface area contributed by atoms with Crippen LogP contribution in [0.2, 0.25) is 0 Å². The first-order valence-electron chi connectivity index (χ1n) is 18.7. The average Bonchev–Trinajstić information content (AvgIpc) is 3.11. The molecule has 1 aliphatic rings. The van der Waals surface area contributed by atoms with Crippen LogP contribution in [0.25, 0.3) is 16.8 Å². The third-order valence-electron chi connectivity index (χ3n) is 9.91. The third kappa shape index (κ3) is 9.77. The van der Waals surface area contributed by atoms with E-state index in [9.17, 15) is 14.7 Å². The van der Waals surface area contributed by atoms with E-state index in [0.29, 0.717) is 6.42 Å². The molecule has 4 aromatic rings. The van der Waals surface area contributed by atoms with E-state index in [2.05, 4.69) is 109 Å². The zero-order valence-corrected chi connectivity index (χ0v) is 30.0. The van der Waals surface area contributed by atoms with Crippen LogP contribution >= 0.6 is 0 Å². The van der Waals surface area contributed by atoms with Gasteiger partial charge in [-0.25, -0.2) is 0 Å². The topological polar surface area (TPSA) is 81.1 Å². The predicted molar refractivity (Wildman–Crippen MR) is 208 cm³/mol. The van der Waals surface area contributed by atoms with E-state index in [1.165, 1.54) is 44.4 Å². The summed E-state index contributed by atoms with van der Waals surface area (Å²) in [6.45, 7) is 6.12. The minimum Gasteiger partial charge on any atom is -0.481 e. The van der Waals surface area contributed by atoms with E-state index in [1.54, 1.807) is 0 Å². The minimum absolute atomic E-state index is 0.220. The number of anilines is 4. The van der Waals surface area contributed by atoms with E-state index in [4.69, 9.17) is 5.11 Å². The number of carbonyl (C=O) groups is 2. The van der Waals surface area contributed by atoms with Gasteiger partial charge in [0, 0.05) is 59.3 Å². The fourth-order valence-corrected chi connectivity index (χ4v) is 7.29. The Bertz CT molecular complexity index is 1700. The summed E-state index contributed by atoms with van der Waals surface area (Å²) in [5.41, 5.74) is 9.97. The molecule has 2 N–H and O–H groups in total. The number of hydrogen-bond acceptors (Lipinski definition) is 4. The summed E-state index contributed by atoms with van der Waals surface area (Å²) in [5, 5.41) is 20.6. The maximum Gasteiger partial charge on any atom is 0.303 e. The summed E-state index contributed by atoms with van der Waals surface area (Å²) < 4.78 is 0. The third-order valence-corrected chi connectivity index (χ3v) is 9.91. The molecule has 0 heterocycles. The Morgan fingerprint density at radius 3 is 1.58 bits per heavy atom. The quantitative estimate of drug-likeness (QED) is 0.0717. The number of carboxylic acids is 2. The molecule has 0 fully saturated rings. The SMILES string of the molecule is Cc1ccc(N(c2ccc(C)cc2)c2c3c(c(N(CCCCCCCCCC(=O)O)CCCCCC(=O)O)c4ccccc24)CCC=C3)cc1. The van der Waals surface area contributed by atoms with Crippen LogP contribution < -0.4 is 9.80 Å². The molecule has 4 aromatic carbocycles. The van der Waals surface area contributed by atoms with E-state index in [1.807, 2.05) is 0 Å². The van der Waals surface area contributed by atoms with Crippen LogP contribution in [0, 0.1) is 13.8 Å². The van der Waals surface area contributed by atoms with E-state index in [-0.39, 0.29) is 12.8 Å². The van der Waals surface area contributed by atoms with Crippen molar-refractivity contribution in [3.63, 3.8) is 0 Å². The second-order valence-electron chi connectivity index (χ2n) is 13.9. The van der Waals surface area contributed by atoms with Crippen molar-refractivity contribution < 1.29 is 19.8 Å². The summed E-state index contributed by atoms with van der Waals surface area (Å²) in [7, 11) is 0. The van der Waals surface area contributed by atoms with Crippen LogP contribution in [-0.4, -0.2) is 35.2 Å².